The van der Waals surface area contributed by atoms with Crippen LogP contribution in [-0.4, -0.2) is 0 Å². The van der Waals surface area contributed by atoms with Crippen LogP contribution in [0.3, 0.4) is 0 Å². The molecule has 0 bridgehead atoms. The lowest BCUT2D eigenvalue weighted by atomic mass is 9.92. The second-order valence-electron chi connectivity index (χ2n) is 7.80. The van der Waals surface area contributed by atoms with Crippen molar-refractivity contribution in [2.24, 2.45) is 0 Å². The molecule has 0 spiro atoms. The Morgan fingerprint density at radius 3 is 1.00 bits per heavy atom. The lowest BCUT2D eigenvalue weighted by molar-refractivity contribution is 1.03. The Labute approximate surface area is 191 Å². The van der Waals surface area contributed by atoms with Crippen LogP contribution in [0.15, 0.2) is 146 Å². The molecule has 0 aliphatic heterocycles. The number of allylic oxidation sites excluding steroid dienone is 4. The van der Waals surface area contributed by atoms with Crippen LogP contribution in [0.2, 0.25) is 0 Å². The normalized spacial score (nSPS) is 13.6. The average molecular weight is 413 g/mol. The Hall–Kier alpha value is -3.90. The van der Waals surface area contributed by atoms with Crippen molar-refractivity contribution in [3.8, 4) is 0 Å². The maximum Gasteiger partial charge on any atom is 0.0202 e. The maximum absolute atomic E-state index is 2.32. The van der Waals surface area contributed by atoms with Gasteiger partial charge >= 0.3 is 0 Å². The van der Waals surface area contributed by atoms with E-state index in [9.17, 15) is 0 Å². The molecular weight excluding hydrogens is 384 g/mol. The summed E-state index contributed by atoms with van der Waals surface area (Å²) in [6.45, 7) is 0. The van der Waals surface area contributed by atoms with Crippen LogP contribution in [0.4, 0.5) is 0 Å². The lowest BCUT2D eigenvalue weighted by Gasteiger charge is -2.12. The highest BCUT2D eigenvalue weighted by Crippen LogP contribution is 2.25. The third kappa shape index (κ3) is 6.30. The van der Waals surface area contributed by atoms with Crippen LogP contribution in [0, 0.1) is 0 Å². The first-order valence-corrected chi connectivity index (χ1v) is 11.1. The lowest BCUT2D eigenvalue weighted by Crippen LogP contribution is -1.95. The number of benzene rings is 4. The summed E-state index contributed by atoms with van der Waals surface area (Å²) in [5.74, 6) is 0.403. The van der Waals surface area contributed by atoms with Gasteiger partial charge in [-0.1, -0.05) is 158 Å². The van der Waals surface area contributed by atoms with E-state index in [0.717, 1.165) is 0 Å². The Morgan fingerprint density at radius 2 is 0.656 bits per heavy atom. The number of hydrogen-bond acceptors (Lipinski definition) is 0. The molecule has 0 nitrogen and oxygen atoms in total. The Bertz CT molecular complexity index is 1040. The zero-order chi connectivity index (χ0) is 21.8. The van der Waals surface area contributed by atoms with Gasteiger partial charge in [-0.2, -0.15) is 0 Å². The molecule has 0 fully saturated rings. The van der Waals surface area contributed by atoms with Gasteiger partial charge in [-0.15, -0.1) is 0 Å². The van der Waals surface area contributed by atoms with Gasteiger partial charge in [-0.25, -0.2) is 0 Å². The van der Waals surface area contributed by atoms with E-state index >= 15 is 0 Å². The molecule has 156 valence electrons. The second-order valence-corrected chi connectivity index (χ2v) is 7.80. The second kappa shape index (κ2) is 11.5. The Balaban J connectivity index is 1.63. The summed E-state index contributed by atoms with van der Waals surface area (Å²) >= 11 is 0. The molecule has 2 atom stereocenters. The van der Waals surface area contributed by atoms with Gasteiger partial charge in [0.05, 0.1) is 0 Å². The molecule has 4 aromatic carbocycles. The molecule has 0 amide bonds. The van der Waals surface area contributed by atoms with Gasteiger partial charge in [0.25, 0.3) is 0 Å². The van der Waals surface area contributed by atoms with Crippen LogP contribution < -0.4 is 0 Å². The fourth-order valence-electron chi connectivity index (χ4n) is 3.72. The first-order chi connectivity index (χ1) is 15.9. The molecule has 4 aromatic rings. The standard InChI is InChI=1S/C32H28/c1-5-13-27(14-6-1)21-23-31(29-17-9-3-10-18-29)25-26-32(30-19-11-4-12-20-30)24-22-28-15-7-2-8-16-28/h1-26,31-32H/b23-21+,24-22+,26-25+. The zero-order valence-corrected chi connectivity index (χ0v) is 18.2. The summed E-state index contributed by atoms with van der Waals surface area (Å²) in [5.41, 5.74) is 5.00. The first-order valence-electron chi connectivity index (χ1n) is 11.1. The van der Waals surface area contributed by atoms with Gasteiger partial charge in [0, 0.05) is 11.8 Å². The van der Waals surface area contributed by atoms with E-state index in [4.69, 9.17) is 0 Å². The quantitative estimate of drug-likeness (QED) is 0.254. The number of hydrogen-bond donors (Lipinski definition) is 0. The molecule has 32 heavy (non-hydrogen) atoms. The molecule has 2 unspecified atom stereocenters. The molecular formula is C32H28. The van der Waals surface area contributed by atoms with Gasteiger partial charge in [-0.3, -0.25) is 0 Å². The minimum absolute atomic E-state index is 0.202. The predicted octanol–water partition coefficient (Wildman–Crippen LogP) is 8.54. The van der Waals surface area contributed by atoms with Crippen molar-refractivity contribution in [2.45, 2.75) is 11.8 Å². The minimum Gasteiger partial charge on any atom is -0.0763 e. The van der Waals surface area contributed by atoms with Crippen molar-refractivity contribution in [2.75, 3.05) is 0 Å². The Morgan fingerprint density at radius 1 is 0.344 bits per heavy atom. The monoisotopic (exact) mass is 412 g/mol. The molecule has 0 radical (unpaired) electrons. The van der Waals surface area contributed by atoms with Crippen LogP contribution >= 0.6 is 0 Å². The fraction of sp³-hybridized carbons (Fsp3) is 0.0625. The minimum atomic E-state index is 0.202. The van der Waals surface area contributed by atoms with Gasteiger partial charge in [0.15, 0.2) is 0 Å². The van der Waals surface area contributed by atoms with E-state index < -0.39 is 0 Å². The Kier molecular flexibility index (Phi) is 7.65. The third-order valence-electron chi connectivity index (χ3n) is 5.49. The summed E-state index contributed by atoms with van der Waals surface area (Å²) in [5, 5.41) is 0. The SMILES string of the molecule is C(=C\C(/C=C/C(/C=C/c1ccccc1)c1ccccc1)c1ccccc1)/c1ccccc1. The van der Waals surface area contributed by atoms with Crippen molar-refractivity contribution in [3.63, 3.8) is 0 Å². The highest BCUT2D eigenvalue weighted by molar-refractivity contribution is 5.53. The van der Waals surface area contributed by atoms with E-state index in [2.05, 4.69) is 158 Å². The van der Waals surface area contributed by atoms with Crippen LogP contribution in [0.25, 0.3) is 12.2 Å². The van der Waals surface area contributed by atoms with E-state index in [1.807, 2.05) is 0 Å². The first kappa shape index (κ1) is 21.3. The third-order valence-corrected chi connectivity index (χ3v) is 5.49. The predicted molar refractivity (Wildman–Crippen MR) is 138 cm³/mol. The van der Waals surface area contributed by atoms with Crippen molar-refractivity contribution in [1.29, 1.82) is 0 Å². The molecule has 0 aliphatic carbocycles. The topological polar surface area (TPSA) is 0 Å². The summed E-state index contributed by atoms with van der Waals surface area (Å²) in [6, 6.07) is 42.3. The van der Waals surface area contributed by atoms with Gasteiger partial charge in [0.1, 0.15) is 0 Å². The summed E-state index contributed by atoms with van der Waals surface area (Å²) < 4.78 is 0. The van der Waals surface area contributed by atoms with Crippen LogP contribution in [-0.2, 0) is 0 Å². The summed E-state index contributed by atoms with van der Waals surface area (Å²) in [4.78, 5) is 0. The van der Waals surface area contributed by atoms with Gasteiger partial charge in [-0.05, 0) is 22.3 Å². The van der Waals surface area contributed by atoms with Crippen molar-refractivity contribution < 1.29 is 0 Å². The maximum atomic E-state index is 2.32. The van der Waals surface area contributed by atoms with Gasteiger partial charge < -0.3 is 0 Å². The average Bonchev–Trinajstić information content (AvgIpc) is 2.88. The highest BCUT2D eigenvalue weighted by Gasteiger charge is 2.08. The van der Waals surface area contributed by atoms with E-state index in [-0.39, 0.29) is 11.8 Å². The summed E-state index contributed by atoms with van der Waals surface area (Å²) in [7, 11) is 0. The van der Waals surface area contributed by atoms with E-state index in [1.165, 1.54) is 22.3 Å². The molecule has 0 heteroatoms. The van der Waals surface area contributed by atoms with E-state index in [0.29, 0.717) is 0 Å². The van der Waals surface area contributed by atoms with Crippen LogP contribution in [0.1, 0.15) is 34.1 Å². The number of rotatable bonds is 8. The largest absolute Gasteiger partial charge is 0.0763 e. The molecule has 4 rings (SSSR count). The molecule has 0 aromatic heterocycles. The van der Waals surface area contributed by atoms with E-state index in [1.54, 1.807) is 0 Å². The molecule has 0 N–H and O–H groups in total. The molecule has 0 saturated carbocycles. The highest BCUT2D eigenvalue weighted by atomic mass is 14.1. The fourth-order valence-corrected chi connectivity index (χ4v) is 3.72. The molecule has 0 heterocycles. The zero-order valence-electron chi connectivity index (χ0n) is 18.2. The molecule has 0 saturated heterocycles. The van der Waals surface area contributed by atoms with Crippen molar-refractivity contribution >= 4 is 12.2 Å². The van der Waals surface area contributed by atoms with Crippen LogP contribution in [0.5, 0.6) is 0 Å². The summed E-state index contributed by atoms with van der Waals surface area (Å²) in [6.07, 6.45) is 13.6. The van der Waals surface area contributed by atoms with Crippen molar-refractivity contribution in [1.82, 2.24) is 0 Å². The molecule has 0 aliphatic rings. The van der Waals surface area contributed by atoms with Crippen molar-refractivity contribution in [3.05, 3.63) is 168 Å². The smallest absolute Gasteiger partial charge is 0.0202 e. The van der Waals surface area contributed by atoms with Gasteiger partial charge in [0.2, 0.25) is 0 Å².